The second-order valence-electron chi connectivity index (χ2n) is 12.1. The average Bonchev–Trinajstić information content (AvgIpc) is 3.50. The summed E-state index contributed by atoms with van der Waals surface area (Å²) in [6.45, 7) is -0.00598. The molecule has 0 saturated carbocycles. The Balaban J connectivity index is 1.16. The molecule has 0 fully saturated rings. The first-order valence-corrected chi connectivity index (χ1v) is 15.9. The molecule has 0 saturated heterocycles. The molecule has 8 aromatic rings. The van der Waals surface area contributed by atoms with Crippen molar-refractivity contribution in [3.05, 3.63) is 158 Å². The van der Waals surface area contributed by atoms with Gasteiger partial charge in [-0.15, -0.1) is 0 Å². The van der Waals surface area contributed by atoms with Crippen LogP contribution in [-0.2, 0) is 0 Å². The zero-order valence-corrected chi connectivity index (χ0v) is 25.3. The monoisotopic (exact) mass is 603 g/mol. The third-order valence-corrected chi connectivity index (χ3v) is 9.37. The Kier molecular flexibility index (Phi) is 5.63. The highest BCUT2D eigenvalue weighted by atomic mass is 16.5. The largest absolute Gasteiger partial charge is 0.458 e. The number of rotatable bonds is 4. The van der Waals surface area contributed by atoms with Gasteiger partial charge in [0.15, 0.2) is 11.3 Å². The molecule has 0 N–H and O–H groups in total. The zero-order valence-electron chi connectivity index (χ0n) is 25.3. The van der Waals surface area contributed by atoms with Crippen LogP contribution >= 0.6 is 0 Å². The highest BCUT2D eigenvalue weighted by Crippen LogP contribution is 2.45. The molecule has 1 aromatic heterocycles. The predicted octanol–water partition coefficient (Wildman–Crippen LogP) is 9.45. The number of hydrogen-bond donors (Lipinski definition) is 0. The Morgan fingerprint density at radius 2 is 1.09 bits per heavy atom. The molecule has 0 atom stereocenters. The maximum absolute atomic E-state index is 6.77. The molecule has 4 nitrogen and oxygen atoms in total. The van der Waals surface area contributed by atoms with E-state index in [0.29, 0.717) is 0 Å². The number of hydrogen-bond acceptors (Lipinski definition) is 4. The van der Waals surface area contributed by atoms with E-state index in [9.17, 15) is 0 Å². The van der Waals surface area contributed by atoms with E-state index in [4.69, 9.17) is 13.9 Å². The first-order chi connectivity index (χ1) is 23.3. The smallest absolute Gasteiger partial charge is 0.260 e. The van der Waals surface area contributed by atoms with E-state index in [2.05, 4.69) is 126 Å². The number of benzene rings is 7. The van der Waals surface area contributed by atoms with Crippen molar-refractivity contribution in [1.29, 1.82) is 0 Å². The molecule has 220 valence electrons. The number of furan rings is 1. The van der Waals surface area contributed by atoms with Gasteiger partial charge in [-0.2, -0.15) is 0 Å². The van der Waals surface area contributed by atoms with Crippen molar-refractivity contribution in [3.8, 4) is 34.1 Å². The van der Waals surface area contributed by atoms with Crippen LogP contribution in [0.1, 0.15) is 0 Å². The van der Waals surface area contributed by atoms with Crippen LogP contribution in [-0.4, -0.2) is 6.71 Å². The summed E-state index contributed by atoms with van der Waals surface area (Å²) in [5.41, 5.74) is 10.3. The van der Waals surface area contributed by atoms with Gasteiger partial charge in [-0.3, -0.25) is 0 Å². The van der Waals surface area contributed by atoms with Crippen LogP contribution in [0.2, 0.25) is 0 Å². The minimum atomic E-state index is -0.00598. The molecular formula is C42H26BNO3. The number of nitrogens with zero attached hydrogens (tertiary/aromatic N) is 1. The zero-order chi connectivity index (χ0) is 30.9. The van der Waals surface area contributed by atoms with E-state index in [-0.39, 0.29) is 6.71 Å². The number of anilines is 3. The highest BCUT2D eigenvalue weighted by Gasteiger charge is 2.41. The van der Waals surface area contributed by atoms with Gasteiger partial charge in [-0.05, 0) is 76.6 Å². The van der Waals surface area contributed by atoms with E-state index in [1.165, 1.54) is 5.56 Å². The maximum Gasteiger partial charge on any atom is 0.260 e. The summed E-state index contributed by atoms with van der Waals surface area (Å²) in [5, 5.41) is 1.98. The summed E-state index contributed by atoms with van der Waals surface area (Å²) in [5.74, 6) is 3.25. The van der Waals surface area contributed by atoms with Crippen molar-refractivity contribution in [2.24, 2.45) is 0 Å². The number of ether oxygens (including phenoxy) is 2. The molecule has 2 aliphatic rings. The van der Waals surface area contributed by atoms with Gasteiger partial charge in [0, 0.05) is 39.4 Å². The topological polar surface area (TPSA) is 34.8 Å². The first-order valence-electron chi connectivity index (χ1n) is 15.9. The predicted molar refractivity (Wildman–Crippen MR) is 192 cm³/mol. The van der Waals surface area contributed by atoms with E-state index in [0.717, 1.165) is 84.0 Å². The molecule has 2 aliphatic heterocycles. The molecule has 0 unspecified atom stereocenters. The lowest BCUT2D eigenvalue weighted by Gasteiger charge is -2.32. The minimum absolute atomic E-state index is 0.00598. The van der Waals surface area contributed by atoms with Crippen LogP contribution in [0, 0.1) is 0 Å². The first kappa shape index (κ1) is 26.1. The van der Waals surface area contributed by atoms with Gasteiger partial charge in [-0.25, -0.2) is 0 Å². The fourth-order valence-corrected chi connectivity index (χ4v) is 7.27. The van der Waals surface area contributed by atoms with Crippen LogP contribution in [0.4, 0.5) is 17.1 Å². The molecule has 0 aliphatic carbocycles. The maximum atomic E-state index is 6.77. The van der Waals surface area contributed by atoms with Crippen molar-refractivity contribution in [2.45, 2.75) is 0 Å². The van der Waals surface area contributed by atoms with Gasteiger partial charge in [0.25, 0.3) is 6.71 Å². The lowest BCUT2D eigenvalue weighted by molar-refractivity contribution is 0.462. The summed E-state index contributed by atoms with van der Waals surface area (Å²) < 4.78 is 20.0. The van der Waals surface area contributed by atoms with Gasteiger partial charge in [-0.1, -0.05) is 97.1 Å². The van der Waals surface area contributed by atoms with E-state index in [1.807, 2.05) is 36.4 Å². The third kappa shape index (κ3) is 4.03. The van der Waals surface area contributed by atoms with Crippen molar-refractivity contribution in [3.63, 3.8) is 0 Å². The van der Waals surface area contributed by atoms with Crippen molar-refractivity contribution < 1.29 is 13.9 Å². The lowest BCUT2D eigenvalue weighted by atomic mass is 9.35. The Hall–Kier alpha value is -6.20. The Bertz CT molecular complexity index is 2480. The summed E-state index contributed by atoms with van der Waals surface area (Å²) in [4.78, 5) is 2.27. The van der Waals surface area contributed by atoms with Gasteiger partial charge in [0.1, 0.15) is 22.8 Å². The molecule has 0 amide bonds. The summed E-state index contributed by atoms with van der Waals surface area (Å²) in [6, 6.07) is 54.7. The van der Waals surface area contributed by atoms with E-state index in [1.54, 1.807) is 0 Å². The van der Waals surface area contributed by atoms with E-state index < -0.39 is 0 Å². The Morgan fingerprint density at radius 1 is 0.447 bits per heavy atom. The molecule has 0 bridgehead atoms. The van der Waals surface area contributed by atoms with Crippen LogP contribution in [0.5, 0.6) is 23.0 Å². The summed E-state index contributed by atoms with van der Waals surface area (Å²) in [7, 11) is 0. The van der Waals surface area contributed by atoms with Crippen LogP contribution in [0.3, 0.4) is 0 Å². The Labute approximate surface area is 272 Å². The van der Waals surface area contributed by atoms with Gasteiger partial charge in [0.2, 0.25) is 0 Å². The molecule has 0 radical (unpaired) electrons. The van der Waals surface area contributed by atoms with Gasteiger partial charge < -0.3 is 18.8 Å². The van der Waals surface area contributed by atoms with Crippen LogP contribution < -0.4 is 30.8 Å². The SMILES string of the molecule is c1ccc(-c2cccc(N(c3ccccc3)c3ccc4c(c3)oc3c5c6c(cc34)Oc3ccccc3B6c3ccccc3O5)c2)cc1. The highest BCUT2D eigenvalue weighted by molar-refractivity contribution is 6.98. The lowest BCUT2D eigenvalue weighted by Crippen LogP contribution is -2.57. The average molecular weight is 603 g/mol. The second kappa shape index (κ2) is 10.2. The third-order valence-electron chi connectivity index (χ3n) is 9.37. The molecule has 10 rings (SSSR count). The van der Waals surface area contributed by atoms with Crippen molar-refractivity contribution >= 4 is 62.1 Å². The van der Waals surface area contributed by atoms with Crippen LogP contribution in [0.15, 0.2) is 162 Å². The second-order valence-corrected chi connectivity index (χ2v) is 12.1. The Morgan fingerprint density at radius 3 is 1.87 bits per heavy atom. The van der Waals surface area contributed by atoms with Crippen molar-refractivity contribution in [2.75, 3.05) is 4.90 Å². The molecule has 3 heterocycles. The summed E-state index contributed by atoms with van der Waals surface area (Å²) >= 11 is 0. The molecule has 47 heavy (non-hydrogen) atoms. The fraction of sp³-hybridized carbons (Fsp3) is 0. The summed E-state index contributed by atoms with van der Waals surface area (Å²) in [6.07, 6.45) is 0. The van der Waals surface area contributed by atoms with E-state index >= 15 is 0 Å². The minimum Gasteiger partial charge on any atom is -0.458 e. The van der Waals surface area contributed by atoms with Gasteiger partial charge in [0.05, 0.1) is 0 Å². The van der Waals surface area contributed by atoms with Crippen LogP contribution in [0.25, 0.3) is 33.1 Å². The number of fused-ring (bicyclic) bond motifs is 8. The normalized spacial score (nSPS) is 12.6. The molecule has 5 heteroatoms. The molecule has 7 aromatic carbocycles. The molecule has 0 spiro atoms. The van der Waals surface area contributed by atoms with Gasteiger partial charge >= 0.3 is 0 Å². The standard InChI is InChI=1S/C42H26BNO3/c1-3-12-27(13-4-1)28-14-11-17-30(24-28)44(29-15-5-2-6-16-29)31-22-23-32-33-26-39-40-42(41(33)47-38(32)25-31)46-37-21-10-8-19-35(37)43(40)34-18-7-9-20-36(34)45-39/h1-26H. The molecular weight excluding hydrogens is 577 g/mol. The quantitative estimate of drug-likeness (QED) is 0.188. The number of para-hydroxylation sites is 3. The fourth-order valence-electron chi connectivity index (χ4n) is 7.27. The van der Waals surface area contributed by atoms with Crippen molar-refractivity contribution in [1.82, 2.24) is 0 Å².